The Morgan fingerprint density at radius 2 is 1.83 bits per heavy atom. The van der Waals surface area contributed by atoms with E-state index in [2.05, 4.69) is 10.6 Å². The first-order chi connectivity index (χ1) is 11.1. The van der Waals surface area contributed by atoms with Crippen LogP contribution < -0.4 is 20.1 Å². The number of ether oxygens (including phenoxy) is 2. The molecule has 2 N–H and O–H groups in total. The lowest BCUT2D eigenvalue weighted by Crippen LogP contribution is -2.32. The highest BCUT2D eigenvalue weighted by Gasteiger charge is 2.14. The molecule has 0 saturated heterocycles. The number of hydrogen-bond donors (Lipinski definition) is 2. The van der Waals surface area contributed by atoms with E-state index in [1.54, 1.807) is 31.4 Å². The Balaban J connectivity index is 1.99. The van der Waals surface area contributed by atoms with Crippen molar-refractivity contribution in [1.82, 2.24) is 0 Å². The third-order valence-electron chi connectivity index (χ3n) is 3.31. The van der Waals surface area contributed by atoms with Crippen LogP contribution >= 0.6 is 0 Å². The highest BCUT2D eigenvalue weighted by Crippen LogP contribution is 2.24. The second-order valence-corrected chi connectivity index (χ2v) is 5.01. The van der Waals surface area contributed by atoms with Crippen LogP contribution in [0.4, 0.5) is 11.4 Å². The maximum Gasteiger partial charge on any atom is 0.246 e. The van der Waals surface area contributed by atoms with E-state index in [1.165, 1.54) is 0 Å². The van der Waals surface area contributed by atoms with E-state index in [9.17, 15) is 4.79 Å². The fraction of sp³-hybridized carbons (Fsp3) is 0.278. The molecule has 0 aromatic heterocycles. The van der Waals surface area contributed by atoms with Crippen molar-refractivity contribution in [1.29, 1.82) is 0 Å². The maximum absolute atomic E-state index is 12.3. The molecule has 0 aliphatic rings. The standard InChI is InChI=1S/C18H22N2O3/c1-4-23-17-8-6-5-7-16(17)19-13(2)18(21)20-14-9-11-15(22-3)12-10-14/h5-13,19H,4H2,1-3H3,(H,20,21)/t13-/m1/s1. The van der Waals surface area contributed by atoms with Crippen LogP contribution in [0.15, 0.2) is 48.5 Å². The number of rotatable bonds is 7. The fourth-order valence-corrected chi connectivity index (χ4v) is 2.09. The number of para-hydroxylation sites is 2. The fourth-order valence-electron chi connectivity index (χ4n) is 2.09. The molecule has 0 spiro atoms. The van der Waals surface area contributed by atoms with Crippen molar-refractivity contribution in [3.05, 3.63) is 48.5 Å². The predicted molar refractivity (Wildman–Crippen MR) is 92.3 cm³/mol. The van der Waals surface area contributed by atoms with Crippen LogP contribution in [0.25, 0.3) is 0 Å². The molecular formula is C18H22N2O3. The predicted octanol–water partition coefficient (Wildman–Crippen LogP) is 3.53. The van der Waals surface area contributed by atoms with E-state index >= 15 is 0 Å². The Kier molecular flexibility index (Phi) is 5.86. The van der Waals surface area contributed by atoms with Crippen molar-refractivity contribution in [2.24, 2.45) is 0 Å². The first-order valence-electron chi connectivity index (χ1n) is 7.57. The smallest absolute Gasteiger partial charge is 0.246 e. The lowest BCUT2D eigenvalue weighted by atomic mass is 10.2. The van der Waals surface area contributed by atoms with E-state index in [0.29, 0.717) is 6.61 Å². The minimum absolute atomic E-state index is 0.124. The molecule has 0 unspecified atom stereocenters. The first kappa shape index (κ1) is 16.7. The summed E-state index contributed by atoms with van der Waals surface area (Å²) in [5.74, 6) is 1.36. The van der Waals surface area contributed by atoms with Crippen molar-refractivity contribution >= 4 is 17.3 Å². The van der Waals surface area contributed by atoms with E-state index in [4.69, 9.17) is 9.47 Å². The van der Waals surface area contributed by atoms with Gasteiger partial charge in [-0.05, 0) is 50.2 Å². The van der Waals surface area contributed by atoms with Crippen LogP contribution in [0.5, 0.6) is 11.5 Å². The summed E-state index contributed by atoms with van der Waals surface area (Å²) in [4.78, 5) is 12.3. The monoisotopic (exact) mass is 314 g/mol. The van der Waals surface area contributed by atoms with Gasteiger partial charge in [0.05, 0.1) is 19.4 Å². The van der Waals surface area contributed by atoms with Gasteiger partial charge in [-0.15, -0.1) is 0 Å². The molecule has 23 heavy (non-hydrogen) atoms. The summed E-state index contributed by atoms with van der Waals surface area (Å²) < 4.78 is 10.7. The number of nitrogens with one attached hydrogen (secondary N) is 2. The van der Waals surface area contributed by atoms with Gasteiger partial charge in [0.15, 0.2) is 0 Å². The Bertz CT molecular complexity index is 641. The van der Waals surface area contributed by atoms with Gasteiger partial charge >= 0.3 is 0 Å². The van der Waals surface area contributed by atoms with Gasteiger partial charge in [0.2, 0.25) is 5.91 Å². The highest BCUT2D eigenvalue weighted by molar-refractivity contribution is 5.96. The molecule has 2 aromatic rings. The molecule has 0 fully saturated rings. The zero-order valence-electron chi connectivity index (χ0n) is 13.6. The molecule has 2 aromatic carbocycles. The molecule has 2 rings (SSSR count). The highest BCUT2D eigenvalue weighted by atomic mass is 16.5. The van der Waals surface area contributed by atoms with E-state index < -0.39 is 6.04 Å². The van der Waals surface area contributed by atoms with Crippen molar-refractivity contribution < 1.29 is 14.3 Å². The zero-order valence-corrected chi connectivity index (χ0v) is 13.6. The molecule has 0 aliphatic carbocycles. The molecule has 1 atom stereocenters. The van der Waals surface area contributed by atoms with Crippen LogP contribution in [0, 0.1) is 0 Å². The second-order valence-electron chi connectivity index (χ2n) is 5.01. The normalized spacial score (nSPS) is 11.4. The van der Waals surface area contributed by atoms with Gasteiger partial charge in [-0.2, -0.15) is 0 Å². The third-order valence-corrected chi connectivity index (χ3v) is 3.31. The van der Waals surface area contributed by atoms with E-state index in [-0.39, 0.29) is 5.91 Å². The summed E-state index contributed by atoms with van der Waals surface area (Å²) in [7, 11) is 1.61. The number of benzene rings is 2. The Labute approximate surface area is 136 Å². The van der Waals surface area contributed by atoms with Gasteiger partial charge in [-0.1, -0.05) is 12.1 Å². The minimum Gasteiger partial charge on any atom is -0.497 e. The number of amides is 1. The summed E-state index contributed by atoms with van der Waals surface area (Å²) in [6, 6.07) is 14.4. The number of methoxy groups -OCH3 is 1. The molecule has 5 nitrogen and oxygen atoms in total. The van der Waals surface area contributed by atoms with Crippen LogP contribution in [0.1, 0.15) is 13.8 Å². The molecular weight excluding hydrogens is 292 g/mol. The van der Waals surface area contributed by atoms with Crippen molar-refractivity contribution in [2.45, 2.75) is 19.9 Å². The van der Waals surface area contributed by atoms with Gasteiger partial charge in [0.1, 0.15) is 17.5 Å². The van der Waals surface area contributed by atoms with E-state index in [0.717, 1.165) is 22.9 Å². The molecule has 122 valence electrons. The summed E-state index contributed by atoms with van der Waals surface area (Å²) >= 11 is 0. The molecule has 1 amide bonds. The Morgan fingerprint density at radius 1 is 1.13 bits per heavy atom. The van der Waals surface area contributed by atoms with Gasteiger partial charge in [0.25, 0.3) is 0 Å². The first-order valence-corrected chi connectivity index (χ1v) is 7.57. The van der Waals surface area contributed by atoms with Crippen molar-refractivity contribution in [3.8, 4) is 11.5 Å². The summed E-state index contributed by atoms with van der Waals surface area (Å²) in [6.07, 6.45) is 0. The van der Waals surface area contributed by atoms with Crippen molar-refractivity contribution in [2.75, 3.05) is 24.4 Å². The van der Waals surface area contributed by atoms with Gasteiger partial charge in [-0.3, -0.25) is 4.79 Å². The van der Waals surface area contributed by atoms with E-state index in [1.807, 2.05) is 38.1 Å². The van der Waals surface area contributed by atoms with Crippen molar-refractivity contribution in [3.63, 3.8) is 0 Å². The Morgan fingerprint density at radius 3 is 2.48 bits per heavy atom. The average Bonchev–Trinajstić information content (AvgIpc) is 2.57. The van der Waals surface area contributed by atoms with Gasteiger partial charge in [0, 0.05) is 5.69 Å². The SMILES string of the molecule is CCOc1ccccc1N[C@H](C)C(=O)Nc1ccc(OC)cc1. The topological polar surface area (TPSA) is 59.6 Å². The number of anilines is 2. The molecule has 0 bridgehead atoms. The second kappa shape index (κ2) is 8.08. The summed E-state index contributed by atoms with van der Waals surface area (Å²) in [5.41, 5.74) is 1.52. The molecule has 0 aliphatic heterocycles. The van der Waals surface area contributed by atoms with Gasteiger partial charge < -0.3 is 20.1 Å². The number of carbonyl (C=O) groups is 1. The van der Waals surface area contributed by atoms with Crippen LogP contribution in [-0.2, 0) is 4.79 Å². The van der Waals surface area contributed by atoms with Crippen LogP contribution in [0.2, 0.25) is 0 Å². The molecule has 0 heterocycles. The number of carbonyl (C=O) groups excluding carboxylic acids is 1. The number of hydrogen-bond acceptors (Lipinski definition) is 4. The zero-order chi connectivity index (χ0) is 16.7. The third kappa shape index (κ3) is 4.64. The average molecular weight is 314 g/mol. The quantitative estimate of drug-likeness (QED) is 0.821. The van der Waals surface area contributed by atoms with Crippen LogP contribution in [0.3, 0.4) is 0 Å². The lowest BCUT2D eigenvalue weighted by Gasteiger charge is -2.18. The minimum atomic E-state index is -0.404. The molecule has 0 saturated carbocycles. The molecule has 5 heteroatoms. The van der Waals surface area contributed by atoms with Gasteiger partial charge in [-0.25, -0.2) is 0 Å². The largest absolute Gasteiger partial charge is 0.497 e. The summed E-state index contributed by atoms with van der Waals surface area (Å²) in [5, 5.41) is 6.04. The molecule has 0 radical (unpaired) electrons. The summed E-state index contributed by atoms with van der Waals surface area (Å²) in [6.45, 7) is 4.31. The lowest BCUT2D eigenvalue weighted by molar-refractivity contribution is -0.116. The van der Waals surface area contributed by atoms with Crippen LogP contribution in [-0.4, -0.2) is 25.7 Å². The Hall–Kier alpha value is -2.69. The maximum atomic E-state index is 12.3.